The first-order valence-corrected chi connectivity index (χ1v) is 4.81. The molecular formula is C10H7ClF2N2O2. The Morgan fingerprint density at radius 1 is 1.71 bits per heavy atom. The second-order valence-corrected chi connectivity index (χ2v) is 3.40. The van der Waals surface area contributed by atoms with Crippen LogP contribution >= 0.6 is 11.6 Å². The van der Waals surface area contributed by atoms with Crippen molar-refractivity contribution < 1.29 is 18.3 Å². The van der Waals surface area contributed by atoms with Crippen LogP contribution in [0.15, 0.2) is 6.20 Å². The van der Waals surface area contributed by atoms with Crippen molar-refractivity contribution in [1.82, 2.24) is 4.98 Å². The van der Waals surface area contributed by atoms with Crippen LogP contribution < -0.4 is 0 Å². The summed E-state index contributed by atoms with van der Waals surface area (Å²) in [4.78, 5) is 14.6. The summed E-state index contributed by atoms with van der Waals surface area (Å²) in [5.74, 6) is -0.719. The standard InChI is InChI=1S/C10H7ClF2N2O2/c1-17-8(16)2-5-6(10(12)13)4-15-7(3-14)9(5)11/h4,10H,2H2,1H3. The van der Waals surface area contributed by atoms with E-state index in [1.54, 1.807) is 6.07 Å². The van der Waals surface area contributed by atoms with Gasteiger partial charge in [-0.15, -0.1) is 0 Å². The number of aromatic nitrogens is 1. The normalized spacial score (nSPS) is 10.1. The maximum absolute atomic E-state index is 12.7. The van der Waals surface area contributed by atoms with Crippen LogP contribution in [0.3, 0.4) is 0 Å². The lowest BCUT2D eigenvalue weighted by Crippen LogP contribution is -2.09. The molecule has 4 nitrogen and oxygen atoms in total. The Morgan fingerprint density at radius 3 is 2.82 bits per heavy atom. The lowest BCUT2D eigenvalue weighted by Gasteiger charge is -2.10. The summed E-state index contributed by atoms with van der Waals surface area (Å²) in [6, 6.07) is 1.65. The molecule has 0 radical (unpaired) electrons. The van der Waals surface area contributed by atoms with Crippen LogP contribution in [-0.2, 0) is 16.0 Å². The molecule has 0 amide bonds. The van der Waals surface area contributed by atoms with Gasteiger partial charge in [-0.05, 0) is 5.56 Å². The number of nitriles is 1. The van der Waals surface area contributed by atoms with E-state index < -0.39 is 24.4 Å². The number of methoxy groups -OCH3 is 1. The Bertz CT molecular complexity index is 486. The number of ether oxygens (including phenoxy) is 1. The number of alkyl halides is 2. The summed E-state index contributed by atoms with van der Waals surface area (Å²) in [7, 11) is 1.13. The second-order valence-electron chi connectivity index (χ2n) is 3.02. The van der Waals surface area contributed by atoms with Gasteiger partial charge in [0, 0.05) is 11.8 Å². The second kappa shape index (κ2) is 5.55. The number of esters is 1. The summed E-state index contributed by atoms with van der Waals surface area (Å²) >= 11 is 5.73. The maximum atomic E-state index is 12.7. The number of carbonyl (C=O) groups is 1. The summed E-state index contributed by atoms with van der Waals surface area (Å²) in [6.45, 7) is 0. The fraction of sp³-hybridized carbons (Fsp3) is 0.300. The number of hydrogen-bond donors (Lipinski definition) is 0. The zero-order valence-corrected chi connectivity index (χ0v) is 9.46. The SMILES string of the molecule is COC(=O)Cc1c(C(F)F)cnc(C#N)c1Cl. The number of hydrogen-bond acceptors (Lipinski definition) is 4. The third-order valence-electron chi connectivity index (χ3n) is 2.04. The van der Waals surface area contributed by atoms with Gasteiger partial charge in [-0.2, -0.15) is 5.26 Å². The topological polar surface area (TPSA) is 63.0 Å². The molecule has 1 aromatic heterocycles. The minimum atomic E-state index is -2.83. The first-order chi connectivity index (χ1) is 8.01. The fourth-order valence-corrected chi connectivity index (χ4v) is 1.47. The largest absolute Gasteiger partial charge is 0.469 e. The third kappa shape index (κ3) is 2.88. The van der Waals surface area contributed by atoms with E-state index in [9.17, 15) is 13.6 Å². The van der Waals surface area contributed by atoms with Gasteiger partial charge in [-0.25, -0.2) is 13.8 Å². The summed E-state index contributed by atoms with van der Waals surface area (Å²) in [6.07, 6.45) is -2.41. The van der Waals surface area contributed by atoms with Crippen molar-refractivity contribution in [2.75, 3.05) is 7.11 Å². The quantitative estimate of drug-likeness (QED) is 0.782. The molecule has 0 fully saturated rings. The van der Waals surface area contributed by atoms with Crippen LogP contribution in [0.5, 0.6) is 0 Å². The highest BCUT2D eigenvalue weighted by atomic mass is 35.5. The van der Waals surface area contributed by atoms with Gasteiger partial charge in [0.25, 0.3) is 6.43 Å². The molecule has 1 heterocycles. The number of halogens is 3. The molecule has 90 valence electrons. The van der Waals surface area contributed by atoms with E-state index >= 15 is 0 Å². The summed E-state index contributed by atoms with van der Waals surface area (Å²) < 4.78 is 29.7. The molecule has 0 saturated heterocycles. The van der Waals surface area contributed by atoms with Crippen molar-refractivity contribution in [1.29, 1.82) is 5.26 Å². The van der Waals surface area contributed by atoms with E-state index in [0.29, 0.717) is 0 Å². The minimum absolute atomic E-state index is 0.125. The van der Waals surface area contributed by atoms with Gasteiger partial charge in [0.05, 0.1) is 18.6 Å². The van der Waals surface area contributed by atoms with E-state index in [0.717, 1.165) is 13.3 Å². The van der Waals surface area contributed by atoms with Gasteiger partial charge in [0.15, 0.2) is 5.69 Å². The van der Waals surface area contributed by atoms with Gasteiger partial charge in [-0.3, -0.25) is 4.79 Å². The van der Waals surface area contributed by atoms with Crippen molar-refractivity contribution in [2.45, 2.75) is 12.8 Å². The molecule has 0 unspecified atom stereocenters. The first-order valence-electron chi connectivity index (χ1n) is 4.43. The molecule has 0 atom stereocenters. The average molecular weight is 261 g/mol. The van der Waals surface area contributed by atoms with E-state index in [1.807, 2.05) is 0 Å². The highest BCUT2D eigenvalue weighted by Crippen LogP contribution is 2.29. The number of nitrogens with zero attached hydrogens (tertiary/aromatic N) is 2. The van der Waals surface area contributed by atoms with Crippen molar-refractivity contribution >= 4 is 17.6 Å². The maximum Gasteiger partial charge on any atom is 0.310 e. The molecule has 7 heteroatoms. The average Bonchev–Trinajstić information content (AvgIpc) is 2.30. The van der Waals surface area contributed by atoms with Crippen molar-refractivity contribution in [2.24, 2.45) is 0 Å². The van der Waals surface area contributed by atoms with Crippen LogP contribution in [0.2, 0.25) is 5.02 Å². The molecule has 0 aliphatic rings. The number of carbonyl (C=O) groups excluding carboxylic acids is 1. The Balaban J connectivity index is 3.31. The third-order valence-corrected chi connectivity index (χ3v) is 2.45. The van der Waals surface area contributed by atoms with Crippen LogP contribution in [0, 0.1) is 11.3 Å². The molecule has 0 aromatic carbocycles. The van der Waals surface area contributed by atoms with Gasteiger partial charge in [0.2, 0.25) is 0 Å². The lowest BCUT2D eigenvalue weighted by molar-refractivity contribution is -0.139. The Labute approximate surface area is 101 Å². The van der Waals surface area contributed by atoms with Crippen molar-refractivity contribution in [3.05, 3.63) is 28.0 Å². The van der Waals surface area contributed by atoms with Crippen LogP contribution in [-0.4, -0.2) is 18.1 Å². The van der Waals surface area contributed by atoms with E-state index in [2.05, 4.69) is 9.72 Å². The first kappa shape index (κ1) is 13.3. The molecule has 0 saturated carbocycles. The fourth-order valence-electron chi connectivity index (χ4n) is 1.20. The predicted octanol–water partition coefficient (Wildman–Crippen LogP) is 2.26. The van der Waals surface area contributed by atoms with Crippen LogP contribution in [0.25, 0.3) is 0 Å². The molecule has 1 rings (SSSR count). The smallest absolute Gasteiger partial charge is 0.310 e. The Morgan fingerprint density at radius 2 is 2.35 bits per heavy atom. The zero-order valence-electron chi connectivity index (χ0n) is 8.71. The monoisotopic (exact) mass is 260 g/mol. The van der Waals surface area contributed by atoms with E-state index in [4.69, 9.17) is 16.9 Å². The molecule has 0 bridgehead atoms. The van der Waals surface area contributed by atoms with Gasteiger partial charge in [0.1, 0.15) is 6.07 Å². The molecule has 1 aromatic rings. The predicted molar refractivity (Wildman–Crippen MR) is 54.6 cm³/mol. The highest BCUT2D eigenvalue weighted by molar-refractivity contribution is 6.32. The lowest BCUT2D eigenvalue weighted by atomic mass is 10.1. The van der Waals surface area contributed by atoms with Crippen LogP contribution in [0.4, 0.5) is 8.78 Å². The van der Waals surface area contributed by atoms with Gasteiger partial charge in [-0.1, -0.05) is 11.6 Å². The molecule has 0 aliphatic carbocycles. The molecule has 0 spiro atoms. The minimum Gasteiger partial charge on any atom is -0.469 e. The molecular weight excluding hydrogens is 254 g/mol. The Kier molecular flexibility index (Phi) is 4.35. The molecule has 0 N–H and O–H groups in total. The molecule has 17 heavy (non-hydrogen) atoms. The highest BCUT2D eigenvalue weighted by Gasteiger charge is 2.21. The number of rotatable bonds is 3. The van der Waals surface area contributed by atoms with Crippen molar-refractivity contribution in [3.63, 3.8) is 0 Å². The summed E-state index contributed by atoms with van der Waals surface area (Å²) in [5, 5.41) is 8.42. The summed E-state index contributed by atoms with van der Waals surface area (Å²) in [5.41, 5.74) is -0.797. The number of pyridine rings is 1. The van der Waals surface area contributed by atoms with E-state index in [1.165, 1.54) is 0 Å². The van der Waals surface area contributed by atoms with Gasteiger partial charge >= 0.3 is 5.97 Å². The van der Waals surface area contributed by atoms with E-state index in [-0.39, 0.29) is 16.3 Å². The van der Waals surface area contributed by atoms with Crippen LogP contribution in [0.1, 0.15) is 23.2 Å². The van der Waals surface area contributed by atoms with Crippen molar-refractivity contribution in [3.8, 4) is 6.07 Å². The van der Waals surface area contributed by atoms with Gasteiger partial charge < -0.3 is 4.74 Å². The zero-order chi connectivity index (χ0) is 13.0. The Hall–Kier alpha value is -1.74. The molecule has 0 aliphatic heterocycles.